The zero-order valence-electron chi connectivity index (χ0n) is 7.90. The molecular formula is C11H13NS. The summed E-state index contributed by atoms with van der Waals surface area (Å²) in [6, 6.07) is 10.0. The Kier molecular flexibility index (Phi) is 3.65. The molecule has 13 heavy (non-hydrogen) atoms. The van der Waals surface area contributed by atoms with Crippen molar-refractivity contribution >= 4 is 17.2 Å². The Balaban J connectivity index is 2.80. The zero-order valence-corrected chi connectivity index (χ0v) is 8.71. The quantitative estimate of drug-likeness (QED) is 0.661. The van der Waals surface area contributed by atoms with Gasteiger partial charge in [0.2, 0.25) is 0 Å². The van der Waals surface area contributed by atoms with Crippen LogP contribution in [0.15, 0.2) is 42.6 Å². The van der Waals surface area contributed by atoms with E-state index in [0.29, 0.717) is 0 Å². The van der Waals surface area contributed by atoms with Gasteiger partial charge in [-0.1, -0.05) is 48.6 Å². The van der Waals surface area contributed by atoms with Crippen molar-refractivity contribution < 1.29 is 0 Å². The fourth-order valence-electron chi connectivity index (χ4n) is 1.08. The molecular weight excluding hydrogens is 178 g/mol. The normalized spacial score (nSPS) is 10.3. The summed E-state index contributed by atoms with van der Waals surface area (Å²) in [5, 5.41) is 0. The number of thiocarbonyl (C=S) groups is 1. The minimum atomic E-state index is 0.846. The van der Waals surface area contributed by atoms with E-state index in [1.807, 2.05) is 61.5 Å². The summed E-state index contributed by atoms with van der Waals surface area (Å²) in [6.45, 7) is 1.98. The van der Waals surface area contributed by atoms with Crippen molar-refractivity contribution in [1.29, 1.82) is 0 Å². The second-order valence-electron chi connectivity index (χ2n) is 2.76. The van der Waals surface area contributed by atoms with Crippen molar-refractivity contribution in [3.05, 3.63) is 48.2 Å². The van der Waals surface area contributed by atoms with E-state index in [0.717, 1.165) is 10.6 Å². The van der Waals surface area contributed by atoms with Gasteiger partial charge in [0.1, 0.15) is 4.99 Å². The third kappa shape index (κ3) is 2.67. The molecule has 0 aliphatic heterocycles. The molecule has 1 nitrogen and oxygen atoms in total. The van der Waals surface area contributed by atoms with Crippen LogP contribution in [0.4, 0.5) is 0 Å². The van der Waals surface area contributed by atoms with Crippen LogP contribution in [0, 0.1) is 0 Å². The summed E-state index contributed by atoms with van der Waals surface area (Å²) < 4.78 is 0. The average Bonchev–Trinajstić information content (AvgIpc) is 2.18. The molecule has 0 unspecified atom stereocenters. The summed E-state index contributed by atoms with van der Waals surface area (Å²) >= 11 is 5.28. The van der Waals surface area contributed by atoms with Crippen molar-refractivity contribution in [3.63, 3.8) is 0 Å². The molecule has 0 fully saturated rings. The number of benzene rings is 1. The van der Waals surface area contributed by atoms with Crippen LogP contribution in [0.1, 0.15) is 12.5 Å². The molecule has 0 atom stereocenters. The summed E-state index contributed by atoms with van der Waals surface area (Å²) in [6.07, 6.45) is 3.92. The van der Waals surface area contributed by atoms with E-state index in [2.05, 4.69) is 0 Å². The molecule has 0 radical (unpaired) electrons. The largest absolute Gasteiger partial charge is 0.342 e. The van der Waals surface area contributed by atoms with Gasteiger partial charge in [0, 0.05) is 18.8 Å². The monoisotopic (exact) mass is 191 g/mol. The Bertz CT molecular complexity index is 303. The highest BCUT2D eigenvalue weighted by atomic mass is 32.1. The Hall–Kier alpha value is -1.15. The second kappa shape index (κ2) is 4.77. The molecule has 2 heteroatoms. The second-order valence-corrected chi connectivity index (χ2v) is 3.15. The minimum Gasteiger partial charge on any atom is -0.342 e. The van der Waals surface area contributed by atoms with E-state index >= 15 is 0 Å². The van der Waals surface area contributed by atoms with Crippen LogP contribution in [-0.4, -0.2) is 16.9 Å². The molecule has 0 spiro atoms. The third-order valence-corrected chi connectivity index (χ3v) is 2.24. The lowest BCUT2D eigenvalue weighted by Crippen LogP contribution is -2.19. The first-order chi connectivity index (χ1) is 6.25. The highest BCUT2D eigenvalue weighted by molar-refractivity contribution is 7.80. The Morgan fingerprint density at radius 1 is 1.31 bits per heavy atom. The van der Waals surface area contributed by atoms with Crippen LogP contribution in [-0.2, 0) is 0 Å². The van der Waals surface area contributed by atoms with Gasteiger partial charge >= 0.3 is 0 Å². The number of allylic oxidation sites excluding steroid dienone is 1. The van der Waals surface area contributed by atoms with E-state index in [1.54, 1.807) is 0 Å². The van der Waals surface area contributed by atoms with E-state index in [1.165, 1.54) is 0 Å². The molecule has 1 aromatic rings. The minimum absolute atomic E-state index is 0.846. The van der Waals surface area contributed by atoms with E-state index in [9.17, 15) is 0 Å². The van der Waals surface area contributed by atoms with Gasteiger partial charge in [0.15, 0.2) is 0 Å². The SMILES string of the molecule is C/C=C/N(C)C(=S)c1ccccc1. The van der Waals surface area contributed by atoms with Crippen LogP contribution < -0.4 is 0 Å². The van der Waals surface area contributed by atoms with Crippen molar-refractivity contribution in [2.75, 3.05) is 7.05 Å². The number of hydrogen-bond donors (Lipinski definition) is 0. The van der Waals surface area contributed by atoms with E-state index in [-0.39, 0.29) is 0 Å². The van der Waals surface area contributed by atoms with Gasteiger partial charge in [-0.15, -0.1) is 0 Å². The smallest absolute Gasteiger partial charge is 0.112 e. The fraction of sp³-hybridized carbons (Fsp3) is 0.182. The van der Waals surface area contributed by atoms with Crippen molar-refractivity contribution in [3.8, 4) is 0 Å². The number of rotatable bonds is 2. The van der Waals surface area contributed by atoms with Gasteiger partial charge < -0.3 is 4.90 Å². The molecule has 0 bridgehead atoms. The van der Waals surface area contributed by atoms with Crippen LogP contribution >= 0.6 is 12.2 Å². The van der Waals surface area contributed by atoms with Gasteiger partial charge in [-0.05, 0) is 6.92 Å². The van der Waals surface area contributed by atoms with Crippen LogP contribution in [0.2, 0.25) is 0 Å². The molecule has 0 aliphatic carbocycles. The zero-order chi connectivity index (χ0) is 9.68. The average molecular weight is 191 g/mol. The molecule has 68 valence electrons. The Labute approximate surface area is 84.7 Å². The predicted molar refractivity (Wildman–Crippen MR) is 60.7 cm³/mol. The summed E-state index contributed by atoms with van der Waals surface area (Å²) in [5.41, 5.74) is 1.08. The topological polar surface area (TPSA) is 3.24 Å². The maximum Gasteiger partial charge on any atom is 0.112 e. The van der Waals surface area contributed by atoms with Gasteiger partial charge in [-0.3, -0.25) is 0 Å². The molecule has 1 rings (SSSR count). The maximum atomic E-state index is 5.28. The molecule has 0 aromatic heterocycles. The fourth-order valence-corrected chi connectivity index (χ4v) is 1.27. The third-order valence-electron chi connectivity index (χ3n) is 1.71. The first kappa shape index (κ1) is 9.93. The van der Waals surface area contributed by atoms with Gasteiger partial charge in [0.05, 0.1) is 0 Å². The Morgan fingerprint density at radius 3 is 2.46 bits per heavy atom. The van der Waals surface area contributed by atoms with Crippen molar-refractivity contribution in [1.82, 2.24) is 4.90 Å². The van der Waals surface area contributed by atoms with Crippen LogP contribution in [0.3, 0.4) is 0 Å². The predicted octanol–water partition coefficient (Wildman–Crippen LogP) is 2.83. The molecule has 0 saturated heterocycles. The lowest BCUT2D eigenvalue weighted by atomic mass is 10.2. The van der Waals surface area contributed by atoms with Crippen molar-refractivity contribution in [2.24, 2.45) is 0 Å². The van der Waals surface area contributed by atoms with Crippen molar-refractivity contribution in [2.45, 2.75) is 6.92 Å². The highest BCUT2D eigenvalue weighted by Gasteiger charge is 2.01. The maximum absolute atomic E-state index is 5.28. The molecule has 0 saturated carbocycles. The van der Waals surface area contributed by atoms with Crippen LogP contribution in [0.25, 0.3) is 0 Å². The standard InChI is InChI=1S/C11H13NS/c1-3-9-12(2)11(13)10-7-5-4-6-8-10/h3-9H,1-2H3/b9-3+. The summed E-state index contributed by atoms with van der Waals surface area (Å²) in [7, 11) is 1.95. The highest BCUT2D eigenvalue weighted by Crippen LogP contribution is 2.04. The summed E-state index contributed by atoms with van der Waals surface area (Å²) in [4.78, 5) is 2.78. The van der Waals surface area contributed by atoms with Gasteiger partial charge in [0.25, 0.3) is 0 Å². The first-order valence-electron chi connectivity index (χ1n) is 4.20. The number of nitrogens with zero attached hydrogens (tertiary/aromatic N) is 1. The lowest BCUT2D eigenvalue weighted by Gasteiger charge is -2.14. The molecule has 1 aromatic carbocycles. The first-order valence-corrected chi connectivity index (χ1v) is 4.61. The van der Waals surface area contributed by atoms with Gasteiger partial charge in [-0.2, -0.15) is 0 Å². The number of hydrogen-bond acceptors (Lipinski definition) is 1. The van der Waals surface area contributed by atoms with Gasteiger partial charge in [-0.25, -0.2) is 0 Å². The van der Waals surface area contributed by atoms with E-state index < -0.39 is 0 Å². The Morgan fingerprint density at radius 2 is 1.92 bits per heavy atom. The molecule has 0 heterocycles. The summed E-state index contributed by atoms with van der Waals surface area (Å²) in [5.74, 6) is 0. The lowest BCUT2D eigenvalue weighted by molar-refractivity contribution is 0.702. The van der Waals surface area contributed by atoms with Crippen LogP contribution in [0.5, 0.6) is 0 Å². The van der Waals surface area contributed by atoms with E-state index in [4.69, 9.17) is 12.2 Å². The molecule has 0 N–H and O–H groups in total. The molecule has 0 aliphatic rings. The molecule has 0 amide bonds.